The largest absolute Gasteiger partial charge is 0.453 e. The summed E-state index contributed by atoms with van der Waals surface area (Å²) < 4.78 is 44.4. The maximum absolute atomic E-state index is 12.9. The predicted molar refractivity (Wildman–Crippen MR) is 81.2 cm³/mol. The van der Waals surface area contributed by atoms with E-state index >= 15 is 0 Å². The molecule has 0 radical (unpaired) electrons. The van der Waals surface area contributed by atoms with E-state index in [1.54, 1.807) is 18.2 Å². The molecule has 0 bridgehead atoms. The Balaban J connectivity index is 2.07. The molecule has 0 atom stereocenters. The second-order valence-corrected chi connectivity index (χ2v) is 5.20. The molecule has 1 aliphatic rings. The SMILES string of the molecule is O=C1NCCCNc2ncc(C(F)(F)F)cc2Oc2ccccc21. The Bertz CT molecular complexity index is 762. The first-order chi connectivity index (χ1) is 11.4. The summed E-state index contributed by atoms with van der Waals surface area (Å²) in [6, 6.07) is 7.25. The van der Waals surface area contributed by atoms with E-state index in [1.165, 1.54) is 6.07 Å². The zero-order chi connectivity index (χ0) is 17.2. The zero-order valence-corrected chi connectivity index (χ0v) is 12.5. The lowest BCUT2D eigenvalue weighted by atomic mass is 10.2. The Morgan fingerprint density at radius 1 is 1.08 bits per heavy atom. The number of carbonyl (C=O) groups is 1. The topological polar surface area (TPSA) is 63.2 Å². The fraction of sp³-hybridized carbons (Fsp3) is 0.250. The van der Waals surface area contributed by atoms with Crippen molar-refractivity contribution in [3.63, 3.8) is 0 Å². The maximum atomic E-state index is 12.9. The highest BCUT2D eigenvalue weighted by Crippen LogP contribution is 2.36. The van der Waals surface area contributed by atoms with Crippen LogP contribution in [0.25, 0.3) is 0 Å². The van der Waals surface area contributed by atoms with Gasteiger partial charge in [0, 0.05) is 19.3 Å². The van der Waals surface area contributed by atoms with Gasteiger partial charge in [0.05, 0.1) is 11.1 Å². The molecule has 0 saturated carbocycles. The number of halogens is 3. The lowest BCUT2D eigenvalue weighted by Crippen LogP contribution is -2.25. The monoisotopic (exact) mass is 337 g/mol. The van der Waals surface area contributed by atoms with Crippen LogP contribution in [0.2, 0.25) is 0 Å². The summed E-state index contributed by atoms with van der Waals surface area (Å²) in [5.41, 5.74) is -0.664. The van der Waals surface area contributed by atoms with Gasteiger partial charge in [-0.3, -0.25) is 4.79 Å². The van der Waals surface area contributed by atoms with Crippen molar-refractivity contribution in [2.75, 3.05) is 18.4 Å². The van der Waals surface area contributed by atoms with Gasteiger partial charge in [0.1, 0.15) is 5.75 Å². The molecule has 1 aromatic heterocycles. The van der Waals surface area contributed by atoms with Gasteiger partial charge in [0.25, 0.3) is 5.91 Å². The van der Waals surface area contributed by atoms with Crippen molar-refractivity contribution in [1.29, 1.82) is 0 Å². The van der Waals surface area contributed by atoms with Crippen LogP contribution >= 0.6 is 0 Å². The van der Waals surface area contributed by atoms with Gasteiger partial charge in [-0.1, -0.05) is 12.1 Å². The van der Waals surface area contributed by atoms with Gasteiger partial charge >= 0.3 is 6.18 Å². The van der Waals surface area contributed by atoms with E-state index in [0.29, 0.717) is 19.5 Å². The fourth-order valence-corrected chi connectivity index (χ4v) is 2.26. The smallest absolute Gasteiger partial charge is 0.418 e. The molecule has 0 spiro atoms. The number of ether oxygens (including phenoxy) is 1. The zero-order valence-electron chi connectivity index (χ0n) is 12.5. The highest BCUT2D eigenvalue weighted by molar-refractivity contribution is 5.97. The van der Waals surface area contributed by atoms with Crippen LogP contribution in [-0.2, 0) is 6.18 Å². The number of pyridine rings is 1. The van der Waals surface area contributed by atoms with Crippen molar-refractivity contribution in [1.82, 2.24) is 10.3 Å². The Morgan fingerprint density at radius 3 is 2.62 bits per heavy atom. The van der Waals surface area contributed by atoms with Gasteiger partial charge < -0.3 is 15.4 Å². The molecule has 126 valence electrons. The third-order valence-corrected chi connectivity index (χ3v) is 3.46. The van der Waals surface area contributed by atoms with E-state index < -0.39 is 11.7 Å². The van der Waals surface area contributed by atoms with E-state index in [1.807, 2.05) is 0 Å². The molecule has 1 amide bonds. The molecule has 8 heteroatoms. The van der Waals surface area contributed by atoms with E-state index in [4.69, 9.17) is 4.74 Å². The second-order valence-electron chi connectivity index (χ2n) is 5.20. The minimum Gasteiger partial charge on any atom is -0.453 e. The van der Waals surface area contributed by atoms with Crippen LogP contribution in [0.15, 0.2) is 36.5 Å². The number of fused-ring (bicyclic) bond motifs is 2. The number of anilines is 1. The minimum atomic E-state index is -4.53. The quantitative estimate of drug-likeness (QED) is 0.773. The van der Waals surface area contributed by atoms with Gasteiger partial charge in [-0.2, -0.15) is 13.2 Å². The number of hydrogen-bond acceptors (Lipinski definition) is 4. The molecule has 0 unspecified atom stereocenters. The molecule has 1 aromatic carbocycles. The molecule has 2 aromatic rings. The number of benzene rings is 1. The standard InChI is InChI=1S/C16H14F3N3O2/c17-16(18,19)10-8-13-14(22-9-10)20-6-3-7-21-15(23)11-4-1-2-5-12(11)24-13/h1-2,4-5,8-9H,3,6-7H2,(H,20,22)(H,21,23). The molecule has 2 heterocycles. The van der Waals surface area contributed by atoms with Crippen molar-refractivity contribution in [2.24, 2.45) is 0 Å². The first-order valence-electron chi connectivity index (χ1n) is 7.31. The van der Waals surface area contributed by atoms with Crippen molar-refractivity contribution in [3.05, 3.63) is 47.7 Å². The third kappa shape index (κ3) is 3.42. The molecule has 0 fully saturated rings. The lowest BCUT2D eigenvalue weighted by Gasteiger charge is -2.15. The van der Waals surface area contributed by atoms with Gasteiger partial charge in [-0.05, 0) is 24.6 Å². The van der Waals surface area contributed by atoms with Gasteiger partial charge in [0.2, 0.25) is 0 Å². The maximum Gasteiger partial charge on any atom is 0.418 e. The summed E-state index contributed by atoms with van der Waals surface area (Å²) in [7, 11) is 0. The number of nitrogens with one attached hydrogen (secondary N) is 2. The number of amides is 1. The summed E-state index contributed by atoms with van der Waals surface area (Å²) in [5.74, 6) is -0.0470. The Labute approximate surface area is 135 Å². The predicted octanol–water partition coefficient (Wildman–Crippen LogP) is 3.44. The van der Waals surface area contributed by atoms with Crippen LogP contribution in [0, 0.1) is 0 Å². The van der Waals surface area contributed by atoms with E-state index in [0.717, 1.165) is 12.3 Å². The normalized spacial score (nSPS) is 15.0. The molecule has 0 aliphatic carbocycles. The summed E-state index contributed by atoms with van der Waals surface area (Å²) in [6.45, 7) is 0.863. The first-order valence-corrected chi connectivity index (χ1v) is 7.31. The van der Waals surface area contributed by atoms with E-state index in [-0.39, 0.29) is 28.8 Å². The molecule has 24 heavy (non-hydrogen) atoms. The van der Waals surface area contributed by atoms with Crippen molar-refractivity contribution in [2.45, 2.75) is 12.6 Å². The lowest BCUT2D eigenvalue weighted by molar-refractivity contribution is -0.137. The molecule has 2 N–H and O–H groups in total. The average Bonchev–Trinajstić information content (AvgIpc) is 2.57. The summed E-state index contributed by atoms with van der Waals surface area (Å²) in [5, 5.41) is 5.67. The number of aromatic nitrogens is 1. The number of alkyl halides is 3. The van der Waals surface area contributed by atoms with Gasteiger partial charge in [-0.25, -0.2) is 4.98 Å². The van der Waals surface area contributed by atoms with Crippen molar-refractivity contribution >= 4 is 11.7 Å². The highest BCUT2D eigenvalue weighted by Gasteiger charge is 2.32. The summed E-state index contributed by atoms with van der Waals surface area (Å²) in [6.07, 6.45) is -3.19. The van der Waals surface area contributed by atoms with Crippen LogP contribution < -0.4 is 15.4 Å². The molecular formula is C16H14F3N3O2. The molecular weight excluding hydrogens is 323 g/mol. The van der Waals surface area contributed by atoms with Crippen molar-refractivity contribution in [3.8, 4) is 11.5 Å². The van der Waals surface area contributed by atoms with Crippen LogP contribution in [0.5, 0.6) is 11.5 Å². The van der Waals surface area contributed by atoms with Crippen LogP contribution in [0.1, 0.15) is 22.3 Å². The molecule has 0 saturated heterocycles. The average molecular weight is 337 g/mol. The number of rotatable bonds is 0. The molecule has 1 aliphatic heterocycles. The minimum absolute atomic E-state index is 0.0769. The van der Waals surface area contributed by atoms with Crippen LogP contribution in [0.4, 0.5) is 19.0 Å². The fourth-order valence-electron chi connectivity index (χ4n) is 2.26. The summed E-state index contributed by atoms with van der Waals surface area (Å²) in [4.78, 5) is 16.0. The Kier molecular flexibility index (Phi) is 4.28. The Hall–Kier alpha value is -2.77. The third-order valence-electron chi connectivity index (χ3n) is 3.46. The first kappa shape index (κ1) is 16.1. The number of carbonyl (C=O) groups excluding carboxylic acids is 1. The van der Waals surface area contributed by atoms with E-state index in [2.05, 4.69) is 15.6 Å². The van der Waals surface area contributed by atoms with Gasteiger partial charge in [-0.15, -0.1) is 0 Å². The second kappa shape index (κ2) is 6.38. The van der Waals surface area contributed by atoms with Crippen LogP contribution in [0.3, 0.4) is 0 Å². The van der Waals surface area contributed by atoms with Gasteiger partial charge in [0.15, 0.2) is 11.6 Å². The van der Waals surface area contributed by atoms with Crippen molar-refractivity contribution < 1.29 is 22.7 Å². The number of nitrogens with zero attached hydrogens (tertiary/aromatic N) is 1. The molecule has 5 nitrogen and oxygen atoms in total. The Morgan fingerprint density at radius 2 is 1.83 bits per heavy atom. The van der Waals surface area contributed by atoms with E-state index in [9.17, 15) is 18.0 Å². The molecule has 3 rings (SSSR count). The highest BCUT2D eigenvalue weighted by atomic mass is 19.4. The summed E-state index contributed by atoms with van der Waals surface area (Å²) >= 11 is 0. The number of hydrogen-bond donors (Lipinski definition) is 2. The number of para-hydroxylation sites is 1. The van der Waals surface area contributed by atoms with Crippen LogP contribution in [-0.4, -0.2) is 24.0 Å².